The molecule has 2 unspecified atom stereocenters. The van der Waals surface area contributed by atoms with E-state index in [1.165, 1.54) is 31.2 Å². The van der Waals surface area contributed by atoms with E-state index in [1.54, 1.807) is 0 Å². The van der Waals surface area contributed by atoms with Gasteiger partial charge in [-0.2, -0.15) is 0 Å². The van der Waals surface area contributed by atoms with Crippen LogP contribution in [0.25, 0.3) is 11.0 Å². The minimum atomic E-state index is 0.736. The Labute approximate surface area is 115 Å². The summed E-state index contributed by atoms with van der Waals surface area (Å²) < 4.78 is 2.30. The second kappa shape index (κ2) is 5.74. The monoisotopic (exact) mass is 257 g/mol. The van der Waals surface area contributed by atoms with Gasteiger partial charge in [-0.15, -0.1) is 0 Å². The van der Waals surface area contributed by atoms with Gasteiger partial charge in [0.05, 0.1) is 17.4 Å². The minimum absolute atomic E-state index is 0.736. The minimum Gasteiger partial charge on any atom is -0.331 e. The first-order valence-corrected chi connectivity index (χ1v) is 7.51. The van der Waals surface area contributed by atoms with Crippen molar-refractivity contribution in [3.63, 3.8) is 0 Å². The van der Waals surface area contributed by atoms with Crippen molar-refractivity contribution in [3.8, 4) is 0 Å². The molecule has 102 valence electrons. The summed E-state index contributed by atoms with van der Waals surface area (Å²) in [5, 5.41) is 3.64. The second-order valence-electron chi connectivity index (χ2n) is 5.57. The summed E-state index contributed by atoms with van der Waals surface area (Å²) in [6.07, 6.45) is 7.36. The van der Waals surface area contributed by atoms with Crippen LogP contribution >= 0.6 is 0 Å². The summed E-state index contributed by atoms with van der Waals surface area (Å²) in [4.78, 5) is 4.47. The summed E-state index contributed by atoms with van der Waals surface area (Å²) >= 11 is 0. The van der Waals surface area contributed by atoms with Crippen LogP contribution in [0, 0.1) is 5.92 Å². The smallest absolute Gasteiger partial charge is 0.0958 e. The van der Waals surface area contributed by atoms with E-state index >= 15 is 0 Å². The van der Waals surface area contributed by atoms with E-state index in [0.717, 1.165) is 30.6 Å². The number of benzene rings is 1. The molecular formula is C16H23N3. The predicted molar refractivity (Wildman–Crippen MR) is 79.2 cm³/mol. The van der Waals surface area contributed by atoms with E-state index in [4.69, 9.17) is 0 Å². The van der Waals surface area contributed by atoms with Gasteiger partial charge in [0.15, 0.2) is 0 Å². The molecule has 1 aromatic carbocycles. The lowest BCUT2D eigenvalue weighted by Gasteiger charge is -2.20. The van der Waals surface area contributed by atoms with E-state index < -0.39 is 0 Å². The van der Waals surface area contributed by atoms with Gasteiger partial charge in [-0.1, -0.05) is 25.5 Å². The SMILES string of the molecule is CCNC1CCCC1CCn1cnc2ccccc21. The molecule has 0 radical (unpaired) electrons. The molecule has 0 saturated heterocycles. The molecule has 0 amide bonds. The van der Waals surface area contributed by atoms with Crippen molar-refractivity contribution >= 4 is 11.0 Å². The Kier molecular flexibility index (Phi) is 3.83. The Morgan fingerprint density at radius 2 is 2.21 bits per heavy atom. The highest BCUT2D eigenvalue weighted by Gasteiger charge is 2.25. The molecule has 2 atom stereocenters. The maximum atomic E-state index is 4.47. The van der Waals surface area contributed by atoms with Crippen LogP contribution in [0.15, 0.2) is 30.6 Å². The first-order chi connectivity index (χ1) is 9.38. The lowest BCUT2D eigenvalue weighted by molar-refractivity contribution is 0.368. The van der Waals surface area contributed by atoms with Gasteiger partial charge >= 0.3 is 0 Å². The van der Waals surface area contributed by atoms with E-state index in [2.05, 4.69) is 46.1 Å². The molecule has 0 bridgehead atoms. The Bertz CT molecular complexity index is 532. The Morgan fingerprint density at radius 1 is 1.32 bits per heavy atom. The predicted octanol–water partition coefficient (Wildman–Crippen LogP) is 3.20. The van der Waals surface area contributed by atoms with Crippen molar-refractivity contribution in [3.05, 3.63) is 30.6 Å². The lowest BCUT2D eigenvalue weighted by Crippen LogP contribution is -2.32. The van der Waals surface area contributed by atoms with E-state index in [9.17, 15) is 0 Å². The number of rotatable bonds is 5. The molecule has 1 heterocycles. The van der Waals surface area contributed by atoms with Crippen molar-refractivity contribution in [2.45, 2.75) is 45.2 Å². The van der Waals surface area contributed by atoms with Crippen LogP contribution in [0.2, 0.25) is 0 Å². The first kappa shape index (κ1) is 12.7. The molecule has 3 rings (SSSR count). The van der Waals surface area contributed by atoms with Gasteiger partial charge in [-0.3, -0.25) is 0 Å². The van der Waals surface area contributed by atoms with Crippen LogP contribution in [0.4, 0.5) is 0 Å². The van der Waals surface area contributed by atoms with Gasteiger partial charge in [0.2, 0.25) is 0 Å². The molecule has 0 aliphatic heterocycles. The molecule has 19 heavy (non-hydrogen) atoms. The van der Waals surface area contributed by atoms with Gasteiger partial charge in [0, 0.05) is 12.6 Å². The zero-order chi connectivity index (χ0) is 13.1. The number of imidazole rings is 1. The summed E-state index contributed by atoms with van der Waals surface area (Å²) in [5.41, 5.74) is 2.37. The topological polar surface area (TPSA) is 29.9 Å². The van der Waals surface area contributed by atoms with Crippen molar-refractivity contribution < 1.29 is 0 Å². The zero-order valence-corrected chi connectivity index (χ0v) is 11.7. The summed E-state index contributed by atoms with van der Waals surface area (Å²) in [6, 6.07) is 9.14. The molecule has 1 N–H and O–H groups in total. The molecule has 1 aromatic heterocycles. The molecule has 2 aromatic rings. The number of nitrogens with one attached hydrogen (secondary N) is 1. The van der Waals surface area contributed by atoms with Crippen LogP contribution in [0.5, 0.6) is 0 Å². The van der Waals surface area contributed by atoms with Crippen LogP contribution in [-0.4, -0.2) is 22.1 Å². The Balaban J connectivity index is 1.65. The lowest BCUT2D eigenvalue weighted by atomic mass is 9.99. The molecule has 3 nitrogen and oxygen atoms in total. The maximum absolute atomic E-state index is 4.47. The second-order valence-corrected chi connectivity index (χ2v) is 5.57. The number of hydrogen-bond acceptors (Lipinski definition) is 2. The third-order valence-corrected chi connectivity index (χ3v) is 4.39. The van der Waals surface area contributed by atoms with Crippen molar-refractivity contribution in [1.82, 2.24) is 14.9 Å². The van der Waals surface area contributed by atoms with E-state index in [-0.39, 0.29) is 0 Å². The third-order valence-electron chi connectivity index (χ3n) is 4.39. The highest BCUT2D eigenvalue weighted by Crippen LogP contribution is 2.29. The normalized spacial score (nSPS) is 23.2. The number of para-hydroxylation sites is 2. The molecule has 1 saturated carbocycles. The molecule has 1 fully saturated rings. The Hall–Kier alpha value is -1.35. The highest BCUT2D eigenvalue weighted by atomic mass is 15.0. The van der Waals surface area contributed by atoms with Gasteiger partial charge in [0.1, 0.15) is 0 Å². The first-order valence-electron chi connectivity index (χ1n) is 7.51. The molecule has 1 aliphatic rings. The average Bonchev–Trinajstić information content (AvgIpc) is 3.04. The van der Waals surface area contributed by atoms with Gasteiger partial charge in [0.25, 0.3) is 0 Å². The van der Waals surface area contributed by atoms with Crippen LogP contribution < -0.4 is 5.32 Å². The zero-order valence-electron chi connectivity index (χ0n) is 11.7. The number of hydrogen-bond donors (Lipinski definition) is 1. The largest absolute Gasteiger partial charge is 0.331 e. The number of aromatic nitrogens is 2. The number of fused-ring (bicyclic) bond motifs is 1. The standard InChI is InChI=1S/C16H23N3/c1-2-17-14-8-5-6-13(14)10-11-19-12-18-15-7-3-4-9-16(15)19/h3-4,7,9,12-14,17H,2,5-6,8,10-11H2,1H3. The number of nitrogens with zero attached hydrogens (tertiary/aromatic N) is 2. The molecule has 0 spiro atoms. The van der Waals surface area contributed by atoms with Gasteiger partial charge < -0.3 is 9.88 Å². The average molecular weight is 257 g/mol. The maximum Gasteiger partial charge on any atom is 0.0958 e. The molecule has 1 aliphatic carbocycles. The summed E-state index contributed by atoms with van der Waals surface area (Å²) in [6.45, 7) is 4.39. The van der Waals surface area contributed by atoms with Crippen molar-refractivity contribution in [1.29, 1.82) is 0 Å². The third kappa shape index (κ3) is 2.66. The Morgan fingerprint density at radius 3 is 3.11 bits per heavy atom. The fraction of sp³-hybridized carbons (Fsp3) is 0.562. The van der Waals surface area contributed by atoms with E-state index in [1.807, 2.05) is 6.33 Å². The van der Waals surface area contributed by atoms with Crippen molar-refractivity contribution in [2.75, 3.05) is 6.54 Å². The molecular weight excluding hydrogens is 234 g/mol. The number of aryl methyl sites for hydroxylation is 1. The summed E-state index contributed by atoms with van der Waals surface area (Å²) in [5.74, 6) is 0.834. The van der Waals surface area contributed by atoms with E-state index in [0.29, 0.717) is 0 Å². The quantitative estimate of drug-likeness (QED) is 0.891. The van der Waals surface area contributed by atoms with Crippen LogP contribution in [0.3, 0.4) is 0 Å². The van der Waals surface area contributed by atoms with Gasteiger partial charge in [-0.25, -0.2) is 4.98 Å². The van der Waals surface area contributed by atoms with Crippen LogP contribution in [0.1, 0.15) is 32.6 Å². The molecule has 3 heteroatoms. The van der Waals surface area contributed by atoms with Gasteiger partial charge in [-0.05, 0) is 43.9 Å². The van der Waals surface area contributed by atoms with Crippen molar-refractivity contribution in [2.24, 2.45) is 5.92 Å². The highest BCUT2D eigenvalue weighted by molar-refractivity contribution is 5.74. The van der Waals surface area contributed by atoms with Crippen LogP contribution in [-0.2, 0) is 6.54 Å². The fourth-order valence-electron chi connectivity index (χ4n) is 3.41. The fourth-order valence-corrected chi connectivity index (χ4v) is 3.41. The summed E-state index contributed by atoms with van der Waals surface area (Å²) in [7, 11) is 0.